The number of benzene rings is 2. The van der Waals surface area contributed by atoms with Crippen LogP contribution in [0.4, 0.5) is 5.69 Å². The summed E-state index contributed by atoms with van der Waals surface area (Å²) in [6.45, 7) is 2.87. The van der Waals surface area contributed by atoms with Crippen molar-refractivity contribution in [3.63, 3.8) is 0 Å². The van der Waals surface area contributed by atoms with Crippen LogP contribution in [0.2, 0.25) is 5.02 Å². The highest BCUT2D eigenvalue weighted by Crippen LogP contribution is 2.28. The number of halogens is 1. The lowest BCUT2D eigenvalue weighted by Crippen LogP contribution is -2.00. The number of nitrogens with one attached hydrogen (secondary N) is 1. The molecule has 2 aromatic carbocycles. The third-order valence-electron chi connectivity index (χ3n) is 3.28. The van der Waals surface area contributed by atoms with Gasteiger partial charge in [-0.05, 0) is 36.8 Å². The topological polar surface area (TPSA) is 24.9 Å². The minimum absolute atomic E-state index is 0.731. The lowest BCUT2D eigenvalue weighted by Gasteiger charge is -2.10. The molecule has 2 nitrogen and oxygen atoms in total. The van der Waals surface area contributed by atoms with Gasteiger partial charge in [0.15, 0.2) is 0 Å². The number of hydrogen-bond donors (Lipinski definition) is 1. The number of hydrogen-bond acceptors (Lipinski definition) is 2. The van der Waals surface area contributed by atoms with Gasteiger partial charge < -0.3 is 5.32 Å². The molecule has 1 aromatic heterocycles. The molecular formula is C17H15ClN2. The predicted octanol–water partition coefficient (Wildman–Crippen LogP) is 4.81. The molecule has 100 valence electrons. The first-order valence-corrected chi connectivity index (χ1v) is 6.94. The molecule has 3 aromatic rings. The van der Waals surface area contributed by atoms with Crippen LogP contribution >= 0.6 is 11.6 Å². The van der Waals surface area contributed by atoms with Crippen molar-refractivity contribution in [1.29, 1.82) is 0 Å². The summed E-state index contributed by atoms with van der Waals surface area (Å²) < 4.78 is 0. The quantitative estimate of drug-likeness (QED) is 0.746. The fourth-order valence-electron chi connectivity index (χ4n) is 2.30. The standard InChI is InChI=1S/C17H15ClN2/c1-12-4-2-5-13(10-12)11-20-16-8-7-15(18)14-6-3-9-19-17(14)16/h2-10,20H,11H2,1H3. The summed E-state index contributed by atoms with van der Waals surface area (Å²) >= 11 is 6.20. The van der Waals surface area contributed by atoms with Gasteiger partial charge in [-0.15, -0.1) is 0 Å². The first-order valence-electron chi connectivity index (χ1n) is 6.57. The van der Waals surface area contributed by atoms with E-state index in [1.54, 1.807) is 6.20 Å². The molecule has 0 fully saturated rings. The highest BCUT2D eigenvalue weighted by molar-refractivity contribution is 6.35. The maximum absolute atomic E-state index is 6.20. The van der Waals surface area contributed by atoms with Crippen LogP contribution in [-0.2, 0) is 6.54 Å². The Labute approximate surface area is 123 Å². The van der Waals surface area contributed by atoms with Crippen molar-refractivity contribution in [2.24, 2.45) is 0 Å². The van der Waals surface area contributed by atoms with Crippen LogP contribution in [0.5, 0.6) is 0 Å². The van der Waals surface area contributed by atoms with Gasteiger partial charge in [-0.2, -0.15) is 0 Å². The number of aromatic nitrogens is 1. The maximum Gasteiger partial charge on any atom is 0.0948 e. The van der Waals surface area contributed by atoms with Gasteiger partial charge in [0.2, 0.25) is 0 Å². The van der Waals surface area contributed by atoms with Crippen LogP contribution in [0.15, 0.2) is 54.7 Å². The van der Waals surface area contributed by atoms with Gasteiger partial charge in [-0.25, -0.2) is 0 Å². The second-order valence-corrected chi connectivity index (χ2v) is 5.24. The van der Waals surface area contributed by atoms with Crippen LogP contribution in [0.1, 0.15) is 11.1 Å². The molecule has 0 spiro atoms. The molecule has 0 amide bonds. The lowest BCUT2D eigenvalue weighted by molar-refractivity contribution is 1.14. The molecule has 0 aliphatic rings. The Morgan fingerprint density at radius 2 is 2.00 bits per heavy atom. The van der Waals surface area contributed by atoms with E-state index in [-0.39, 0.29) is 0 Å². The zero-order valence-electron chi connectivity index (χ0n) is 11.2. The third-order valence-corrected chi connectivity index (χ3v) is 3.61. The number of aryl methyl sites for hydroxylation is 1. The predicted molar refractivity (Wildman–Crippen MR) is 85.3 cm³/mol. The van der Waals surface area contributed by atoms with Gasteiger partial charge in [0.25, 0.3) is 0 Å². The minimum atomic E-state index is 0.731. The molecule has 0 aliphatic heterocycles. The second kappa shape index (κ2) is 5.51. The summed E-state index contributed by atoms with van der Waals surface area (Å²) in [5.74, 6) is 0. The van der Waals surface area contributed by atoms with Crippen LogP contribution in [0.25, 0.3) is 10.9 Å². The third kappa shape index (κ3) is 2.61. The second-order valence-electron chi connectivity index (χ2n) is 4.84. The molecule has 0 radical (unpaired) electrons. The molecule has 1 N–H and O–H groups in total. The molecule has 0 bridgehead atoms. The Kier molecular flexibility index (Phi) is 3.57. The van der Waals surface area contributed by atoms with Crippen molar-refractivity contribution in [2.75, 3.05) is 5.32 Å². The summed E-state index contributed by atoms with van der Waals surface area (Å²) in [7, 11) is 0. The molecule has 0 unspecified atom stereocenters. The Balaban J connectivity index is 1.90. The Morgan fingerprint density at radius 1 is 1.10 bits per heavy atom. The van der Waals surface area contributed by atoms with Crippen LogP contribution in [-0.4, -0.2) is 4.98 Å². The van der Waals surface area contributed by atoms with Gasteiger partial charge in [0, 0.05) is 18.1 Å². The van der Waals surface area contributed by atoms with Gasteiger partial charge >= 0.3 is 0 Å². The molecule has 3 heteroatoms. The van der Waals surface area contributed by atoms with Crippen LogP contribution < -0.4 is 5.32 Å². The monoisotopic (exact) mass is 282 g/mol. The summed E-state index contributed by atoms with van der Waals surface area (Å²) in [5.41, 5.74) is 4.44. The molecular weight excluding hydrogens is 268 g/mol. The van der Waals surface area contributed by atoms with Crippen molar-refractivity contribution in [1.82, 2.24) is 4.98 Å². The van der Waals surface area contributed by atoms with E-state index >= 15 is 0 Å². The first-order chi connectivity index (χ1) is 9.74. The molecule has 1 heterocycles. The van der Waals surface area contributed by atoms with Crippen LogP contribution in [0.3, 0.4) is 0 Å². The zero-order chi connectivity index (χ0) is 13.9. The van der Waals surface area contributed by atoms with E-state index in [2.05, 4.69) is 41.5 Å². The largest absolute Gasteiger partial charge is 0.379 e. The van der Waals surface area contributed by atoms with E-state index in [1.165, 1.54) is 11.1 Å². The Morgan fingerprint density at radius 3 is 2.85 bits per heavy atom. The van der Waals surface area contributed by atoms with E-state index in [1.807, 2.05) is 24.3 Å². The summed E-state index contributed by atoms with van der Waals surface area (Å²) in [6.07, 6.45) is 1.79. The van der Waals surface area contributed by atoms with Crippen molar-refractivity contribution < 1.29 is 0 Å². The maximum atomic E-state index is 6.20. The van der Waals surface area contributed by atoms with Crippen molar-refractivity contribution in [3.05, 3.63) is 70.9 Å². The Hall–Kier alpha value is -2.06. The molecule has 0 saturated carbocycles. The number of fused-ring (bicyclic) bond motifs is 1. The summed E-state index contributed by atoms with van der Waals surface area (Å²) in [6, 6.07) is 16.2. The van der Waals surface area contributed by atoms with E-state index in [4.69, 9.17) is 11.6 Å². The Bertz CT molecular complexity index is 753. The normalized spacial score (nSPS) is 10.7. The molecule has 0 aliphatic carbocycles. The zero-order valence-corrected chi connectivity index (χ0v) is 12.0. The van der Waals surface area contributed by atoms with Crippen molar-refractivity contribution >= 4 is 28.2 Å². The number of pyridine rings is 1. The average molecular weight is 283 g/mol. The average Bonchev–Trinajstić information content (AvgIpc) is 2.47. The van der Waals surface area contributed by atoms with Crippen LogP contribution in [0, 0.1) is 6.92 Å². The van der Waals surface area contributed by atoms with E-state index in [0.29, 0.717) is 0 Å². The molecule has 20 heavy (non-hydrogen) atoms. The molecule has 3 rings (SSSR count). The van der Waals surface area contributed by atoms with E-state index < -0.39 is 0 Å². The number of rotatable bonds is 3. The number of nitrogens with zero attached hydrogens (tertiary/aromatic N) is 1. The summed E-state index contributed by atoms with van der Waals surface area (Å²) in [5, 5.41) is 5.14. The minimum Gasteiger partial charge on any atom is -0.379 e. The van der Waals surface area contributed by atoms with Crippen molar-refractivity contribution in [3.8, 4) is 0 Å². The highest BCUT2D eigenvalue weighted by Gasteiger charge is 2.05. The first kappa shape index (κ1) is 12.9. The summed E-state index contributed by atoms with van der Waals surface area (Å²) in [4.78, 5) is 4.42. The molecule has 0 atom stereocenters. The fourth-order valence-corrected chi connectivity index (χ4v) is 2.52. The smallest absolute Gasteiger partial charge is 0.0948 e. The van der Waals surface area contributed by atoms with Gasteiger partial charge in [-0.1, -0.05) is 41.4 Å². The number of anilines is 1. The van der Waals surface area contributed by atoms with Gasteiger partial charge in [0.1, 0.15) is 0 Å². The van der Waals surface area contributed by atoms with Gasteiger partial charge in [-0.3, -0.25) is 4.98 Å². The van der Waals surface area contributed by atoms with Crippen molar-refractivity contribution in [2.45, 2.75) is 13.5 Å². The molecule has 0 saturated heterocycles. The van der Waals surface area contributed by atoms with E-state index in [9.17, 15) is 0 Å². The lowest BCUT2D eigenvalue weighted by atomic mass is 10.1. The van der Waals surface area contributed by atoms with E-state index in [0.717, 1.165) is 28.2 Å². The SMILES string of the molecule is Cc1cccc(CNc2ccc(Cl)c3cccnc23)c1. The highest BCUT2D eigenvalue weighted by atomic mass is 35.5. The van der Waals surface area contributed by atoms with Gasteiger partial charge in [0.05, 0.1) is 16.2 Å². The fraction of sp³-hybridized carbons (Fsp3) is 0.118.